The topological polar surface area (TPSA) is 41.6 Å². The molecule has 0 radical (unpaired) electrons. The summed E-state index contributed by atoms with van der Waals surface area (Å²) in [6, 6.07) is 0.0651. The Morgan fingerprint density at radius 2 is 2.33 bits per heavy atom. The minimum absolute atomic E-state index is 0.0651. The van der Waals surface area contributed by atoms with Gasteiger partial charge in [0.1, 0.15) is 0 Å². The van der Waals surface area contributed by atoms with Crippen molar-refractivity contribution in [3.05, 3.63) is 0 Å². The normalized spacial score (nSPS) is 32.7. The first kappa shape index (κ1) is 10.9. The molecule has 2 rings (SSSR count). The molecule has 4 heteroatoms. The second-order valence-corrected chi connectivity index (χ2v) is 4.47. The number of nitrogens with one attached hydrogen (secondary N) is 1. The van der Waals surface area contributed by atoms with Crippen molar-refractivity contribution >= 4 is 5.91 Å². The van der Waals surface area contributed by atoms with Gasteiger partial charge in [-0.1, -0.05) is 0 Å². The van der Waals surface area contributed by atoms with Crippen molar-refractivity contribution in [1.29, 1.82) is 0 Å². The van der Waals surface area contributed by atoms with Crippen LogP contribution in [-0.2, 0) is 9.53 Å². The standard InChI is InChI=1S/C11H20N2O2/c1-9-8-13(6-3-7-15-9)11(14)10-4-2-5-12-10/h9-10,12H,2-8H2,1H3/t9?,10-/m1/s1. The zero-order valence-corrected chi connectivity index (χ0v) is 9.37. The molecule has 1 N–H and O–H groups in total. The number of carbonyl (C=O) groups excluding carboxylic acids is 1. The smallest absolute Gasteiger partial charge is 0.239 e. The predicted molar refractivity (Wildman–Crippen MR) is 57.6 cm³/mol. The van der Waals surface area contributed by atoms with Crippen LogP contribution in [0.5, 0.6) is 0 Å². The van der Waals surface area contributed by atoms with E-state index in [-0.39, 0.29) is 18.1 Å². The third-order valence-corrected chi connectivity index (χ3v) is 3.12. The van der Waals surface area contributed by atoms with Gasteiger partial charge in [0.15, 0.2) is 0 Å². The van der Waals surface area contributed by atoms with Crippen LogP contribution in [0.3, 0.4) is 0 Å². The summed E-state index contributed by atoms with van der Waals surface area (Å²) in [4.78, 5) is 14.1. The minimum atomic E-state index is 0.0651. The van der Waals surface area contributed by atoms with E-state index in [1.165, 1.54) is 0 Å². The fourth-order valence-electron chi connectivity index (χ4n) is 2.31. The maximum Gasteiger partial charge on any atom is 0.239 e. The Kier molecular flexibility index (Phi) is 3.59. The highest BCUT2D eigenvalue weighted by atomic mass is 16.5. The molecule has 0 bridgehead atoms. The van der Waals surface area contributed by atoms with Crippen molar-refractivity contribution in [3.8, 4) is 0 Å². The molecule has 0 spiro atoms. The predicted octanol–water partition coefficient (Wildman–Crippen LogP) is 0.376. The second kappa shape index (κ2) is 4.94. The van der Waals surface area contributed by atoms with Crippen LogP contribution in [0, 0.1) is 0 Å². The van der Waals surface area contributed by atoms with Crippen LogP contribution in [-0.4, -0.2) is 49.2 Å². The largest absolute Gasteiger partial charge is 0.377 e. The van der Waals surface area contributed by atoms with E-state index < -0.39 is 0 Å². The minimum Gasteiger partial charge on any atom is -0.377 e. The Balaban J connectivity index is 1.92. The van der Waals surface area contributed by atoms with E-state index in [1.54, 1.807) is 0 Å². The Bertz CT molecular complexity index is 227. The number of ether oxygens (including phenoxy) is 1. The monoisotopic (exact) mass is 212 g/mol. The SMILES string of the molecule is CC1CN(C(=O)[C@H]2CCCN2)CCCO1. The maximum atomic E-state index is 12.1. The average molecular weight is 212 g/mol. The molecule has 15 heavy (non-hydrogen) atoms. The van der Waals surface area contributed by atoms with Crippen LogP contribution in [0.25, 0.3) is 0 Å². The Hall–Kier alpha value is -0.610. The van der Waals surface area contributed by atoms with Crippen LogP contribution < -0.4 is 5.32 Å². The lowest BCUT2D eigenvalue weighted by Gasteiger charge is -2.25. The summed E-state index contributed by atoms with van der Waals surface area (Å²) in [6.45, 7) is 5.39. The van der Waals surface area contributed by atoms with Gasteiger partial charge in [-0.2, -0.15) is 0 Å². The zero-order valence-electron chi connectivity index (χ0n) is 9.37. The number of nitrogens with zero attached hydrogens (tertiary/aromatic N) is 1. The van der Waals surface area contributed by atoms with E-state index in [4.69, 9.17) is 4.74 Å². The van der Waals surface area contributed by atoms with E-state index in [1.807, 2.05) is 11.8 Å². The van der Waals surface area contributed by atoms with E-state index >= 15 is 0 Å². The highest BCUT2D eigenvalue weighted by Crippen LogP contribution is 2.12. The van der Waals surface area contributed by atoms with E-state index in [0.29, 0.717) is 0 Å². The molecule has 1 unspecified atom stereocenters. The van der Waals surface area contributed by atoms with E-state index in [0.717, 1.165) is 45.5 Å². The first-order valence-corrected chi connectivity index (χ1v) is 5.91. The second-order valence-electron chi connectivity index (χ2n) is 4.47. The first-order chi connectivity index (χ1) is 7.27. The molecule has 2 saturated heterocycles. The van der Waals surface area contributed by atoms with E-state index in [9.17, 15) is 4.79 Å². The third-order valence-electron chi connectivity index (χ3n) is 3.12. The highest BCUT2D eigenvalue weighted by molar-refractivity contribution is 5.82. The Morgan fingerprint density at radius 3 is 3.07 bits per heavy atom. The van der Waals surface area contributed by atoms with Crippen LogP contribution >= 0.6 is 0 Å². The van der Waals surface area contributed by atoms with Gasteiger partial charge in [0.05, 0.1) is 12.1 Å². The lowest BCUT2D eigenvalue weighted by Crippen LogP contribution is -2.45. The van der Waals surface area contributed by atoms with Crippen LogP contribution in [0.2, 0.25) is 0 Å². The van der Waals surface area contributed by atoms with Gasteiger partial charge < -0.3 is 15.0 Å². The molecule has 0 saturated carbocycles. The van der Waals surface area contributed by atoms with Gasteiger partial charge in [-0.15, -0.1) is 0 Å². The van der Waals surface area contributed by atoms with Gasteiger partial charge in [0, 0.05) is 19.7 Å². The molecule has 2 heterocycles. The van der Waals surface area contributed by atoms with Crippen LogP contribution in [0.1, 0.15) is 26.2 Å². The molecule has 0 aliphatic carbocycles. The third kappa shape index (κ3) is 2.69. The highest BCUT2D eigenvalue weighted by Gasteiger charge is 2.28. The first-order valence-electron chi connectivity index (χ1n) is 5.91. The number of carbonyl (C=O) groups is 1. The average Bonchev–Trinajstić information content (AvgIpc) is 2.67. The van der Waals surface area contributed by atoms with Gasteiger partial charge in [0.2, 0.25) is 5.91 Å². The van der Waals surface area contributed by atoms with Gasteiger partial charge in [0.25, 0.3) is 0 Å². The van der Waals surface area contributed by atoms with Gasteiger partial charge in [-0.3, -0.25) is 4.79 Å². The summed E-state index contributed by atoms with van der Waals surface area (Å²) in [7, 11) is 0. The van der Waals surface area contributed by atoms with E-state index in [2.05, 4.69) is 5.32 Å². The summed E-state index contributed by atoms with van der Waals surface area (Å²) in [5.74, 6) is 0.268. The lowest BCUT2D eigenvalue weighted by molar-refractivity contribution is -0.133. The summed E-state index contributed by atoms with van der Waals surface area (Å²) in [5, 5.41) is 3.26. The van der Waals surface area contributed by atoms with Crippen LogP contribution in [0.15, 0.2) is 0 Å². The zero-order chi connectivity index (χ0) is 10.7. The van der Waals surface area contributed by atoms with Crippen molar-refractivity contribution in [2.24, 2.45) is 0 Å². The number of hydrogen-bond acceptors (Lipinski definition) is 3. The fraction of sp³-hybridized carbons (Fsp3) is 0.909. The summed E-state index contributed by atoms with van der Waals surface area (Å²) in [5.41, 5.74) is 0. The van der Waals surface area contributed by atoms with Crippen molar-refractivity contribution in [2.75, 3.05) is 26.2 Å². The summed E-state index contributed by atoms with van der Waals surface area (Å²) in [6.07, 6.45) is 3.25. The Morgan fingerprint density at radius 1 is 1.47 bits per heavy atom. The van der Waals surface area contributed by atoms with Crippen molar-refractivity contribution in [1.82, 2.24) is 10.2 Å². The molecular weight excluding hydrogens is 192 g/mol. The van der Waals surface area contributed by atoms with Crippen molar-refractivity contribution < 1.29 is 9.53 Å². The molecule has 2 aliphatic rings. The lowest BCUT2D eigenvalue weighted by atomic mass is 10.2. The van der Waals surface area contributed by atoms with Crippen molar-refractivity contribution in [3.63, 3.8) is 0 Å². The molecule has 0 aromatic rings. The van der Waals surface area contributed by atoms with Gasteiger partial charge >= 0.3 is 0 Å². The van der Waals surface area contributed by atoms with Gasteiger partial charge in [-0.25, -0.2) is 0 Å². The maximum absolute atomic E-state index is 12.1. The molecule has 4 nitrogen and oxygen atoms in total. The molecule has 2 aliphatic heterocycles. The molecule has 1 amide bonds. The number of amides is 1. The molecule has 86 valence electrons. The van der Waals surface area contributed by atoms with Crippen LogP contribution in [0.4, 0.5) is 0 Å². The fourth-order valence-corrected chi connectivity index (χ4v) is 2.31. The quantitative estimate of drug-likeness (QED) is 0.683. The number of rotatable bonds is 1. The molecular formula is C11H20N2O2. The molecule has 0 aromatic carbocycles. The summed E-state index contributed by atoms with van der Waals surface area (Å²) < 4.78 is 5.53. The number of hydrogen-bond donors (Lipinski definition) is 1. The summed E-state index contributed by atoms with van der Waals surface area (Å²) >= 11 is 0. The van der Waals surface area contributed by atoms with Gasteiger partial charge in [-0.05, 0) is 32.7 Å². The Labute approximate surface area is 91.0 Å². The molecule has 2 fully saturated rings. The molecule has 0 aromatic heterocycles. The molecule has 2 atom stereocenters. The van der Waals surface area contributed by atoms with Crippen molar-refractivity contribution in [2.45, 2.75) is 38.3 Å².